The van der Waals surface area contributed by atoms with Gasteiger partial charge in [-0.2, -0.15) is 0 Å². The lowest BCUT2D eigenvalue weighted by molar-refractivity contribution is -0.143. The average Bonchev–Trinajstić information content (AvgIpc) is 3.28. The second-order valence-electron chi connectivity index (χ2n) is 19.3. The Morgan fingerprint density at radius 1 is 0.444 bits per heavy atom. The highest BCUT2D eigenvalue weighted by Crippen LogP contribution is 2.17. The summed E-state index contributed by atoms with van der Waals surface area (Å²) < 4.78 is 5.46. The van der Waals surface area contributed by atoms with Crippen molar-refractivity contribution in [1.29, 1.82) is 0 Å². The summed E-state index contributed by atoms with van der Waals surface area (Å²) in [4.78, 5) is 24.5. The Morgan fingerprint density at radius 2 is 0.825 bits per heavy atom. The van der Waals surface area contributed by atoms with Gasteiger partial charge in [0.25, 0.3) is 0 Å². The molecule has 2 atom stereocenters. The van der Waals surface area contributed by atoms with Gasteiger partial charge in [-0.05, 0) is 51.4 Å². The number of rotatable bonds is 52. The molecule has 0 aliphatic heterocycles. The fourth-order valence-corrected chi connectivity index (χ4v) is 8.68. The molecule has 6 heteroatoms. The molecule has 0 fully saturated rings. The predicted octanol–water partition coefficient (Wildman–Crippen LogP) is 17.1. The monoisotopic (exact) mass is 888 g/mol. The predicted molar refractivity (Wildman–Crippen MR) is 273 cm³/mol. The van der Waals surface area contributed by atoms with Gasteiger partial charge in [-0.1, -0.05) is 263 Å². The van der Waals surface area contributed by atoms with E-state index in [2.05, 4.69) is 43.5 Å². The standard InChI is InChI=1S/C57H109NO5/c1-3-5-7-9-11-13-15-17-22-26-29-33-37-41-45-49-55(60)54(53-59)58-56(61)50-46-42-38-34-30-27-23-20-18-19-21-24-28-32-36-40-44-48-52-63-57(62)51-47-43-39-35-31-25-16-14-12-10-8-6-4-2/h8,10,14,16,54-55,59-60H,3-7,9,11-13,15,17-53H2,1-2H3,(H,58,61)/b10-8-,16-14-. The van der Waals surface area contributed by atoms with Crippen molar-refractivity contribution in [1.82, 2.24) is 5.32 Å². The third-order valence-electron chi connectivity index (χ3n) is 13.0. The molecule has 3 N–H and O–H groups in total. The van der Waals surface area contributed by atoms with Crippen molar-refractivity contribution in [3.63, 3.8) is 0 Å². The first-order chi connectivity index (χ1) is 31.0. The molecule has 0 heterocycles. The molecule has 0 radical (unpaired) electrons. The number of unbranched alkanes of at least 4 members (excludes halogenated alkanes) is 37. The molecule has 0 aliphatic carbocycles. The number of amides is 1. The summed E-state index contributed by atoms with van der Waals surface area (Å²) >= 11 is 0. The van der Waals surface area contributed by atoms with Gasteiger partial charge in [0.2, 0.25) is 5.91 Å². The van der Waals surface area contributed by atoms with Crippen LogP contribution in [0.1, 0.15) is 303 Å². The topological polar surface area (TPSA) is 95.9 Å². The van der Waals surface area contributed by atoms with Crippen molar-refractivity contribution in [3.8, 4) is 0 Å². The third kappa shape index (κ3) is 49.6. The molecule has 63 heavy (non-hydrogen) atoms. The molecule has 0 rings (SSSR count). The highest BCUT2D eigenvalue weighted by molar-refractivity contribution is 5.76. The lowest BCUT2D eigenvalue weighted by atomic mass is 10.0. The zero-order chi connectivity index (χ0) is 45.8. The van der Waals surface area contributed by atoms with Crippen LogP contribution in [0.2, 0.25) is 0 Å². The molecular formula is C57H109NO5. The summed E-state index contributed by atoms with van der Waals surface area (Å²) in [5.74, 6) is -0.0460. The average molecular weight is 889 g/mol. The van der Waals surface area contributed by atoms with Gasteiger partial charge in [0.1, 0.15) is 0 Å². The first-order valence-electron chi connectivity index (χ1n) is 28.1. The number of aliphatic hydroxyl groups is 2. The van der Waals surface area contributed by atoms with Gasteiger partial charge in [0, 0.05) is 12.8 Å². The summed E-state index contributed by atoms with van der Waals surface area (Å²) in [5, 5.41) is 23.3. The van der Waals surface area contributed by atoms with Crippen LogP contribution in [-0.4, -0.2) is 47.4 Å². The molecular weight excluding hydrogens is 779 g/mol. The Kier molecular flexibility index (Phi) is 51.6. The number of aliphatic hydroxyl groups excluding tert-OH is 2. The number of hydrogen-bond donors (Lipinski definition) is 3. The lowest BCUT2D eigenvalue weighted by Crippen LogP contribution is -2.45. The van der Waals surface area contributed by atoms with Crippen LogP contribution in [0.5, 0.6) is 0 Å². The molecule has 2 unspecified atom stereocenters. The minimum atomic E-state index is -0.667. The Hall–Kier alpha value is -1.66. The SMILES string of the molecule is CCC/C=C\C/C=C\CCCCCCCC(=O)OCCCCCCCCCCCCCCCCCCCCC(=O)NC(CO)C(O)CCCCCCCCCCCCCCCCC. The third-order valence-corrected chi connectivity index (χ3v) is 13.0. The van der Waals surface area contributed by atoms with Crippen molar-refractivity contribution >= 4 is 11.9 Å². The van der Waals surface area contributed by atoms with Crippen molar-refractivity contribution in [2.24, 2.45) is 0 Å². The number of allylic oxidation sites excluding steroid dienone is 4. The summed E-state index contributed by atoms with van der Waals surface area (Å²) in [7, 11) is 0. The minimum absolute atomic E-state index is 0.00788. The number of hydrogen-bond acceptors (Lipinski definition) is 5. The smallest absolute Gasteiger partial charge is 0.305 e. The van der Waals surface area contributed by atoms with E-state index < -0.39 is 12.1 Å². The number of carbonyl (C=O) groups is 2. The summed E-state index contributed by atoms with van der Waals surface area (Å²) in [6, 6.07) is -0.544. The van der Waals surface area contributed by atoms with Crippen LogP contribution in [0.25, 0.3) is 0 Å². The lowest BCUT2D eigenvalue weighted by Gasteiger charge is -2.22. The number of nitrogens with one attached hydrogen (secondary N) is 1. The fraction of sp³-hybridized carbons (Fsp3) is 0.895. The van der Waals surface area contributed by atoms with Crippen LogP contribution in [0.4, 0.5) is 0 Å². The highest BCUT2D eigenvalue weighted by Gasteiger charge is 2.20. The maximum absolute atomic E-state index is 12.5. The molecule has 0 bridgehead atoms. The van der Waals surface area contributed by atoms with Crippen LogP contribution in [-0.2, 0) is 14.3 Å². The van der Waals surface area contributed by atoms with Gasteiger partial charge < -0.3 is 20.3 Å². The Morgan fingerprint density at radius 3 is 1.27 bits per heavy atom. The Balaban J connectivity index is 3.41. The maximum atomic E-state index is 12.5. The van der Waals surface area contributed by atoms with E-state index >= 15 is 0 Å². The quantitative estimate of drug-likeness (QED) is 0.0321. The first kappa shape index (κ1) is 61.3. The normalized spacial score (nSPS) is 12.8. The van der Waals surface area contributed by atoms with Crippen molar-refractivity contribution in [3.05, 3.63) is 24.3 Å². The van der Waals surface area contributed by atoms with E-state index in [4.69, 9.17) is 4.74 Å². The second-order valence-corrected chi connectivity index (χ2v) is 19.3. The number of ether oxygens (including phenoxy) is 1. The number of esters is 1. The van der Waals surface area contributed by atoms with E-state index in [0.29, 0.717) is 25.9 Å². The molecule has 0 aromatic carbocycles. The van der Waals surface area contributed by atoms with E-state index in [-0.39, 0.29) is 18.5 Å². The van der Waals surface area contributed by atoms with Gasteiger partial charge in [-0.15, -0.1) is 0 Å². The summed E-state index contributed by atoms with van der Waals surface area (Å²) in [5.41, 5.74) is 0. The fourth-order valence-electron chi connectivity index (χ4n) is 8.68. The second kappa shape index (κ2) is 53.0. The Bertz CT molecular complexity index is 982. The van der Waals surface area contributed by atoms with Gasteiger partial charge in [-0.3, -0.25) is 9.59 Å². The van der Waals surface area contributed by atoms with Gasteiger partial charge >= 0.3 is 5.97 Å². The van der Waals surface area contributed by atoms with E-state index in [1.165, 1.54) is 218 Å². The van der Waals surface area contributed by atoms with Crippen LogP contribution < -0.4 is 5.32 Å². The molecule has 372 valence electrons. The number of carbonyl (C=O) groups excluding carboxylic acids is 2. The molecule has 0 aliphatic rings. The van der Waals surface area contributed by atoms with Crippen molar-refractivity contribution < 1.29 is 24.5 Å². The molecule has 6 nitrogen and oxygen atoms in total. The minimum Gasteiger partial charge on any atom is -0.466 e. The molecule has 1 amide bonds. The molecule has 0 saturated heterocycles. The van der Waals surface area contributed by atoms with Crippen LogP contribution in [0, 0.1) is 0 Å². The van der Waals surface area contributed by atoms with Gasteiger partial charge in [-0.25, -0.2) is 0 Å². The highest BCUT2D eigenvalue weighted by atomic mass is 16.5. The van der Waals surface area contributed by atoms with Gasteiger partial charge in [0.15, 0.2) is 0 Å². The van der Waals surface area contributed by atoms with Crippen molar-refractivity contribution in [2.45, 2.75) is 315 Å². The molecule has 0 spiro atoms. The van der Waals surface area contributed by atoms with Crippen LogP contribution in [0.3, 0.4) is 0 Å². The van der Waals surface area contributed by atoms with Crippen molar-refractivity contribution in [2.75, 3.05) is 13.2 Å². The zero-order valence-corrected chi connectivity index (χ0v) is 42.3. The van der Waals surface area contributed by atoms with E-state index in [9.17, 15) is 19.8 Å². The van der Waals surface area contributed by atoms with E-state index in [0.717, 1.165) is 51.4 Å². The summed E-state index contributed by atoms with van der Waals surface area (Å²) in [6.45, 7) is 4.88. The summed E-state index contributed by atoms with van der Waals surface area (Å²) in [6.07, 6.45) is 63.0. The zero-order valence-electron chi connectivity index (χ0n) is 42.3. The van der Waals surface area contributed by atoms with E-state index in [1.54, 1.807) is 0 Å². The largest absolute Gasteiger partial charge is 0.466 e. The van der Waals surface area contributed by atoms with Crippen LogP contribution >= 0.6 is 0 Å². The molecule has 0 aromatic rings. The molecule has 0 saturated carbocycles. The Labute approximate surface area is 392 Å². The first-order valence-corrected chi connectivity index (χ1v) is 28.1. The van der Waals surface area contributed by atoms with Gasteiger partial charge in [0.05, 0.1) is 25.4 Å². The maximum Gasteiger partial charge on any atom is 0.305 e. The molecule has 0 aromatic heterocycles. The van der Waals surface area contributed by atoms with E-state index in [1.807, 2.05) is 0 Å². The van der Waals surface area contributed by atoms with Crippen LogP contribution in [0.15, 0.2) is 24.3 Å².